The van der Waals surface area contributed by atoms with E-state index in [2.05, 4.69) is 20.6 Å². The number of hydrogen-bond donors (Lipinski definition) is 2. The Morgan fingerprint density at radius 3 is 2.94 bits per heavy atom. The predicted octanol–water partition coefficient (Wildman–Crippen LogP) is 1.26. The van der Waals surface area contributed by atoms with Crippen molar-refractivity contribution in [3.8, 4) is 0 Å². The van der Waals surface area contributed by atoms with Crippen LogP contribution in [-0.4, -0.2) is 43.4 Å². The highest BCUT2D eigenvalue weighted by atomic mass is 16.5. The normalized spacial score (nSPS) is 18.9. The van der Waals surface area contributed by atoms with Gasteiger partial charge in [-0.05, 0) is 12.8 Å². The molecule has 0 amide bonds. The number of rotatable bonds is 6. The molecule has 0 bridgehead atoms. The first-order valence-electron chi connectivity index (χ1n) is 6.22. The summed E-state index contributed by atoms with van der Waals surface area (Å²) in [5.74, 6) is 2.25. The number of hydrogen-bond acceptors (Lipinski definition) is 6. The zero-order chi connectivity index (χ0) is 12.8. The lowest BCUT2D eigenvalue weighted by atomic mass is 10.2. The quantitative estimate of drug-likeness (QED) is 0.794. The topological polar surface area (TPSA) is 68.3 Å². The third-order valence-corrected chi connectivity index (χ3v) is 2.84. The molecule has 0 radical (unpaired) electrons. The maximum atomic E-state index is 5.56. The fraction of sp³-hybridized carbons (Fsp3) is 0.667. The molecule has 2 N–H and O–H groups in total. The number of anilines is 2. The molecule has 0 aromatic carbocycles. The van der Waals surface area contributed by atoms with Crippen molar-refractivity contribution >= 4 is 11.6 Å². The first-order valence-corrected chi connectivity index (χ1v) is 6.22. The SMILES string of the molecule is CNc1cc(NCC2CCCO2)nc(COC)n1. The van der Waals surface area contributed by atoms with Gasteiger partial charge in [0.25, 0.3) is 0 Å². The molecule has 6 heteroatoms. The van der Waals surface area contributed by atoms with Gasteiger partial charge in [-0.15, -0.1) is 0 Å². The molecule has 1 aliphatic heterocycles. The summed E-state index contributed by atoms with van der Waals surface area (Å²) in [6.07, 6.45) is 2.55. The first-order chi connectivity index (χ1) is 8.81. The Hall–Kier alpha value is -1.40. The van der Waals surface area contributed by atoms with Gasteiger partial charge in [-0.25, -0.2) is 9.97 Å². The van der Waals surface area contributed by atoms with Crippen molar-refractivity contribution in [2.24, 2.45) is 0 Å². The average molecular weight is 252 g/mol. The van der Waals surface area contributed by atoms with Crippen LogP contribution in [0.25, 0.3) is 0 Å². The molecule has 100 valence electrons. The molecule has 6 nitrogen and oxygen atoms in total. The van der Waals surface area contributed by atoms with E-state index in [1.165, 1.54) is 0 Å². The Kier molecular flexibility index (Phi) is 4.72. The second kappa shape index (κ2) is 6.51. The van der Waals surface area contributed by atoms with Crippen LogP contribution < -0.4 is 10.6 Å². The monoisotopic (exact) mass is 252 g/mol. The first kappa shape index (κ1) is 13.0. The van der Waals surface area contributed by atoms with Gasteiger partial charge in [-0.1, -0.05) is 0 Å². The lowest BCUT2D eigenvalue weighted by Gasteiger charge is -2.13. The van der Waals surface area contributed by atoms with E-state index < -0.39 is 0 Å². The van der Waals surface area contributed by atoms with E-state index in [0.717, 1.165) is 37.6 Å². The second-order valence-electron chi connectivity index (χ2n) is 4.25. The molecule has 0 saturated carbocycles. The Bertz CT molecular complexity index is 380. The molecule has 2 rings (SSSR count). The van der Waals surface area contributed by atoms with E-state index in [-0.39, 0.29) is 0 Å². The van der Waals surface area contributed by atoms with E-state index in [9.17, 15) is 0 Å². The third kappa shape index (κ3) is 3.54. The molecule has 1 unspecified atom stereocenters. The van der Waals surface area contributed by atoms with Crippen molar-refractivity contribution in [2.45, 2.75) is 25.6 Å². The lowest BCUT2D eigenvalue weighted by molar-refractivity contribution is 0.120. The minimum absolute atomic E-state index is 0.295. The molecule has 1 saturated heterocycles. The predicted molar refractivity (Wildman–Crippen MR) is 69.8 cm³/mol. The van der Waals surface area contributed by atoms with E-state index >= 15 is 0 Å². The van der Waals surface area contributed by atoms with Gasteiger partial charge in [0.2, 0.25) is 0 Å². The smallest absolute Gasteiger partial charge is 0.158 e. The third-order valence-electron chi connectivity index (χ3n) is 2.84. The van der Waals surface area contributed by atoms with Gasteiger partial charge in [0.05, 0.1) is 6.10 Å². The van der Waals surface area contributed by atoms with Crippen LogP contribution >= 0.6 is 0 Å². The highest BCUT2D eigenvalue weighted by Gasteiger charge is 2.15. The Labute approximate surface area is 107 Å². The van der Waals surface area contributed by atoms with Crippen molar-refractivity contribution in [3.05, 3.63) is 11.9 Å². The van der Waals surface area contributed by atoms with Gasteiger partial charge in [-0.3, -0.25) is 0 Å². The van der Waals surface area contributed by atoms with Crippen LogP contribution in [-0.2, 0) is 16.1 Å². The number of aromatic nitrogens is 2. The molecule has 0 aliphatic carbocycles. The Morgan fingerprint density at radius 2 is 2.28 bits per heavy atom. The summed E-state index contributed by atoms with van der Waals surface area (Å²) in [4.78, 5) is 8.69. The molecule has 18 heavy (non-hydrogen) atoms. The van der Waals surface area contributed by atoms with Crippen LogP contribution in [0.1, 0.15) is 18.7 Å². The standard InChI is InChI=1S/C12H20N4O2/c1-13-10-6-11(16-12(15-10)8-17-2)14-7-9-4-3-5-18-9/h6,9H,3-5,7-8H2,1-2H3,(H2,13,14,15,16). The summed E-state index contributed by atoms with van der Waals surface area (Å²) in [7, 11) is 3.47. The molecule has 1 aliphatic rings. The molecule has 0 spiro atoms. The van der Waals surface area contributed by atoms with Crippen molar-refractivity contribution in [1.82, 2.24) is 9.97 Å². The van der Waals surface area contributed by atoms with Crippen LogP contribution in [0, 0.1) is 0 Å². The highest BCUT2D eigenvalue weighted by Crippen LogP contribution is 2.15. The van der Waals surface area contributed by atoms with Crippen LogP contribution in [0.2, 0.25) is 0 Å². The van der Waals surface area contributed by atoms with Crippen molar-refractivity contribution in [2.75, 3.05) is 37.9 Å². The molecule has 1 aromatic rings. The minimum atomic E-state index is 0.295. The average Bonchev–Trinajstić information content (AvgIpc) is 2.89. The van der Waals surface area contributed by atoms with Crippen LogP contribution in [0.3, 0.4) is 0 Å². The fourth-order valence-corrected chi connectivity index (χ4v) is 1.93. The van der Waals surface area contributed by atoms with Gasteiger partial charge in [0, 0.05) is 33.4 Å². The summed E-state index contributed by atoms with van der Waals surface area (Å²) < 4.78 is 10.6. The van der Waals surface area contributed by atoms with Gasteiger partial charge < -0.3 is 20.1 Å². The maximum Gasteiger partial charge on any atom is 0.158 e. The summed E-state index contributed by atoms with van der Waals surface area (Å²) in [5, 5.41) is 6.30. The zero-order valence-electron chi connectivity index (χ0n) is 10.9. The van der Waals surface area contributed by atoms with Gasteiger partial charge in [0.15, 0.2) is 5.82 Å². The lowest BCUT2D eigenvalue weighted by Crippen LogP contribution is -2.19. The van der Waals surface area contributed by atoms with Crippen molar-refractivity contribution in [3.63, 3.8) is 0 Å². The summed E-state index contributed by atoms with van der Waals surface area (Å²) >= 11 is 0. The maximum absolute atomic E-state index is 5.56. The largest absolute Gasteiger partial charge is 0.377 e. The molecule has 1 aromatic heterocycles. The van der Waals surface area contributed by atoms with Crippen LogP contribution in [0.4, 0.5) is 11.6 Å². The van der Waals surface area contributed by atoms with Crippen LogP contribution in [0.5, 0.6) is 0 Å². The summed E-state index contributed by atoms with van der Waals surface area (Å²) in [5.41, 5.74) is 0. The van der Waals surface area contributed by atoms with Crippen molar-refractivity contribution < 1.29 is 9.47 Å². The number of nitrogens with one attached hydrogen (secondary N) is 2. The number of ether oxygens (including phenoxy) is 2. The van der Waals surface area contributed by atoms with Crippen molar-refractivity contribution in [1.29, 1.82) is 0 Å². The summed E-state index contributed by atoms with van der Waals surface area (Å²) in [6, 6.07) is 1.88. The van der Waals surface area contributed by atoms with E-state index in [0.29, 0.717) is 18.5 Å². The number of nitrogens with zero attached hydrogens (tertiary/aromatic N) is 2. The molecule has 2 heterocycles. The fourth-order valence-electron chi connectivity index (χ4n) is 1.93. The highest BCUT2D eigenvalue weighted by molar-refractivity contribution is 5.47. The van der Waals surface area contributed by atoms with Crippen LogP contribution in [0.15, 0.2) is 6.07 Å². The van der Waals surface area contributed by atoms with Gasteiger partial charge in [-0.2, -0.15) is 0 Å². The van der Waals surface area contributed by atoms with E-state index in [1.807, 2.05) is 13.1 Å². The Morgan fingerprint density at radius 1 is 1.44 bits per heavy atom. The molecular weight excluding hydrogens is 232 g/mol. The Balaban J connectivity index is 1.98. The molecule has 1 fully saturated rings. The summed E-state index contributed by atoms with van der Waals surface area (Å²) in [6.45, 7) is 2.06. The van der Waals surface area contributed by atoms with E-state index in [1.54, 1.807) is 7.11 Å². The second-order valence-corrected chi connectivity index (χ2v) is 4.25. The van der Waals surface area contributed by atoms with Gasteiger partial charge >= 0.3 is 0 Å². The zero-order valence-corrected chi connectivity index (χ0v) is 10.9. The molecule has 1 atom stereocenters. The van der Waals surface area contributed by atoms with E-state index in [4.69, 9.17) is 9.47 Å². The number of methoxy groups -OCH3 is 1. The molecular formula is C12H20N4O2. The van der Waals surface area contributed by atoms with Gasteiger partial charge in [0.1, 0.15) is 18.2 Å². The minimum Gasteiger partial charge on any atom is -0.377 e.